The number of amides is 1. The first-order valence-electron chi connectivity index (χ1n) is 8.13. The minimum atomic E-state index is -0.152. The Morgan fingerprint density at radius 2 is 1.90 bits per heavy atom. The fourth-order valence-corrected chi connectivity index (χ4v) is 3.33. The van der Waals surface area contributed by atoms with Crippen LogP contribution < -0.4 is 5.73 Å². The van der Waals surface area contributed by atoms with Gasteiger partial charge < -0.3 is 10.6 Å². The molecule has 1 heterocycles. The van der Waals surface area contributed by atoms with E-state index in [0.29, 0.717) is 19.0 Å². The predicted molar refractivity (Wildman–Crippen MR) is 87.0 cm³/mol. The molecule has 1 fully saturated rings. The van der Waals surface area contributed by atoms with Gasteiger partial charge in [0.1, 0.15) is 0 Å². The van der Waals surface area contributed by atoms with Crippen molar-refractivity contribution in [3.05, 3.63) is 35.9 Å². The van der Waals surface area contributed by atoms with E-state index in [2.05, 4.69) is 32.9 Å². The lowest BCUT2D eigenvalue weighted by Crippen LogP contribution is -2.69. The Hall–Kier alpha value is -1.35. The van der Waals surface area contributed by atoms with E-state index in [4.69, 9.17) is 5.73 Å². The summed E-state index contributed by atoms with van der Waals surface area (Å²) in [6.07, 6.45) is 3.07. The van der Waals surface area contributed by atoms with Gasteiger partial charge in [-0.1, -0.05) is 63.9 Å². The second-order valence-electron chi connectivity index (χ2n) is 6.58. The zero-order chi connectivity index (χ0) is 15.5. The van der Waals surface area contributed by atoms with Gasteiger partial charge in [0.2, 0.25) is 5.91 Å². The number of rotatable bonds is 6. The SMILES string of the molecule is CCCC1(N)CN(C(=O)C(c2ccccc2)C(C)CC)C1. The molecule has 2 atom stereocenters. The lowest BCUT2D eigenvalue weighted by atomic mass is 9.80. The Kier molecular flexibility index (Phi) is 5.04. The van der Waals surface area contributed by atoms with Crippen molar-refractivity contribution < 1.29 is 4.79 Å². The van der Waals surface area contributed by atoms with Crippen molar-refractivity contribution in [2.75, 3.05) is 13.1 Å². The smallest absolute Gasteiger partial charge is 0.230 e. The molecule has 1 amide bonds. The summed E-state index contributed by atoms with van der Waals surface area (Å²) in [5.41, 5.74) is 7.27. The Labute approximate surface area is 128 Å². The zero-order valence-electron chi connectivity index (χ0n) is 13.5. The van der Waals surface area contributed by atoms with Crippen molar-refractivity contribution >= 4 is 5.91 Å². The molecule has 2 N–H and O–H groups in total. The van der Waals surface area contributed by atoms with Crippen molar-refractivity contribution in [1.82, 2.24) is 4.90 Å². The Morgan fingerprint density at radius 3 is 2.43 bits per heavy atom. The van der Waals surface area contributed by atoms with Crippen LogP contribution in [0.25, 0.3) is 0 Å². The molecule has 1 aromatic rings. The minimum Gasteiger partial charge on any atom is -0.338 e. The first-order valence-corrected chi connectivity index (χ1v) is 8.13. The van der Waals surface area contributed by atoms with Gasteiger partial charge in [0.15, 0.2) is 0 Å². The number of benzene rings is 1. The van der Waals surface area contributed by atoms with Gasteiger partial charge in [0.25, 0.3) is 0 Å². The lowest BCUT2D eigenvalue weighted by Gasteiger charge is -2.49. The zero-order valence-corrected chi connectivity index (χ0v) is 13.5. The third kappa shape index (κ3) is 3.46. The van der Waals surface area contributed by atoms with Gasteiger partial charge in [0.05, 0.1) is 11.5 Å². The predicted octanol–water partition coefficient (Wildman–Crippen LogP) is 3.16. The molecule has 0 spiro atoms. The van der Waals surface area contributed by atoms with E-state index in [1.807, 2.05) is 23.1 Å². The molecule has 1 aliphatic rings. The molecule has 0 radical (unpaired) electrons. The molecule has 2 rings (SSSR count). The Bertz CT molecular complexity index is 465. The van der Waals surface area contributed by atoms with Crippen LogP contribution in [-0.2, 0) is 4.79 Å². The molecule has 21 heavy (non-hydrogen) atoms. The van der Waals surface area contributed by atoms with Crippen LogP contribution in [0.2, 0.25) is 0 Å². The van der Waals surface area contributed by atoms with Crippen LogP contribution in [-0.4, -0.2) is 29.4 Å². The van der Waals surface area contributed by atoms with E-state index in [-0.39, 0.29) is 17.4 Å². The van der Waals surface area contributed by atoms with Crippen molar-refractivity contribution in [1.29, 1.82) is 0 Å². The van der Waals surface area contributed by atoms with E-state index < -0.39 is 0 Å². The summed E-state index contributed by atoms with van der Waals surface area (Å²) in [5.74, 6) is 0.550. The van der Waals surface area contributed by atoms with Gasteiger partial charge in [-0.05, 0) is 17.9 Å². The first kappa shape index (κ1) is 16.0. The van der Waals surface area contributed by atoms with E-state index in [9.17, 15) is 4.79 Å². The highest BCUT2D eigenvalue weighted by Gasteiger charge is 2.43. The molecule has 2 unspecified atom stereocenters. The average molecular weight is 288 g/mol. The largest absolute Gasteiger partial charge is 0.338 e. The monoisotopic (exact) mass is 288 g/mol. The van der Waals surface area contributed by atoms with Crippen LogP contribution in [0.3, 0.4) is 0 Å². The molecule has 1 saturated heterocycles. The third-order valence-electron chi connectivity index (χ3n) is 4.71. The highest BCUT2D eigenvalue weighted by Crippen LogP contribution is 2.33. The molecular weight excluding hydrogens is 260 g/mol. The summed E-state index contributed by atoms with van der Waals surface area (Å²) in [6, 6.07) is 10.2. The Morgan fingerprint density at radius 1 is 1.29 bits per heavy atom. The summed E-state index contributed by atoms with van der Waals surface area (Å²) in [6.45, 7) is 7.87. The van der Waals surface area contributed by atoms with Gasteiger partial charge in [-0.3, -0.25) is 4.79 Å². The maximum absolute atomic E-state index is 12.9. The molecule has 116 valence electrons. The number of hydrogen-bond acceptors (Lipinski definition) is 2. The van der Waals surface area contributed by atoms with E-state index in [0.717, 1.165) is 24.8 Å². The highest BCUT2D eigenvalue weighted by molar-refractivity contribution is 5.85. The van der Waals surface area contributed by atoms with E-state index >= 15 is 0 Å². The number of likely N-dealkylation sites (tertiary alicyclic amines) is 1. The van der Waals surface area contributed by atoms with Gasteiger partial charge in [-0.15, -0.1) is 0 Å². The fraction of sp³-hybridized carbons (Fsp3) is 0.611. The van der Waals surface area contributed by atoms with Crippen molar-refractivity contribution in [2.24, 2.45) is 11.7 Å². The normalized spacial score (nSPS) is 19.7. The summed E-state index contributed by atoms with van der Waals surface area (Å²) >= 11 is 0. The maximum atomic E-state index is 12.9. The van der Waals surface area contributed by atoms with Crippen LogP contribution in [0.1, 0.15) is 51.5 Å². The van der Waals surface area contributed by atoms with Gasteiger partial charge in [-0.2, -0.15) is 0 Å². The van der Waals surface area contributed by atoms with Crippen LogP contribution in [0, 0.1) is 5.92 Å². The molecule has 0 aliphatic carbocycles. The number of carbonyl (C=O) groups is 1. The van der Waals surface area contributed by atoms with Crippen molar-refractivity contribution in [2.45, 2.75) is 51.5 Å². The molecular formula is C18H28N2O. The summed E-state index contributed by atoms with van der Waals surface area (Å²) in [4.78, 5) is 14.8. The topological polar surface area (TPSA) is 46.3 Å². The van der Waals surface area contributed by atoms with Crippen LogP contribution in [0.5, 0.6) is 0 Å². The van der Waals surface area contributed by atoms with Gasteiger partial charge >= 0.3 is 0 Å². The highest BCUT2D eigenvalue weighted by atomic mass is 16.2. The second kappa shape index (κ2) is 6.61. The number of carbonyl (C=O) groups excluding carboxylic acids is 1. The van der Waals surface area contributed by atoms with Gasteiger partial charge in [0, 0.05) is 13.1 Å². The quantitative estimate of drug-likeness (QED) is 0.874. The lowest BCUT2D eigenvalue weighted by molar-refractivity contribution is -0.141. The molecule has 1 aromatic carbocycles. The summed E-state index contributed by atoms with van der Waals surface area (Å²) in [5, 5.41) is 0. The first-order chi connectivity index (χ1) is 10.0. The molecule has 3 nitrogen and oxygen atoms in total. The fourth-order valence-electron chi connectivity index (χ4n) is 3.33. The number of nitrogens with two attached hydrogens (primary N) is 1. The number of nitrogens with zero attached hydrogens (tertiary/aromatic N) is 1. The molecule has 3 heteroatoms. The molecule has 0 bridgehead atoms. The van der Waals surface area contributed by atoms with E-state index in [1.165, 1.54) is 0 Å². The van der Waals surface area contributed by atoms with Crippen LogP contribution >= 0.6 is 0 Å². The standard InChI is InChI=1S/C18H28N2O/c1-4-11-18(19)12-20(13-18)17(21)16(14(3)5-2)15-9-7-6-8-10-15/h6-10,14,16H,4-5,11-13,19H2,1-3H3. The Balaban J connectivity index is 2.11. The van der Waals surface area contributed by atoms with E-state index in [1.54, 1.807) is 0 Å². The maximum Gasteiger partial charge on any atom is 0.230 e. The van der Waals surface area contributed by atoms with Crippen LogP contribution in [0.4, 0.5) is 0 Å². The summed E-state index contributed by atoms with van der Waals surface area (Å²) < 4.78 is 0. The average Bonchev–Trinajstić information content (AvgIpc) is 2.46. The molecule has 0 saturated carbocycles. The molecule has 0 aromatic heterocycles. The minimum absolute atomic E-state index is 0.0395. The summed E-state index contributed by atoms with van der Waals surface area (Å²) in [7, 11) is 0. The molecule has 1 aliphatic heterocycles. The van der Waals surface area contributed by atoms with Crippen molar-refractivity contribution in [3.63, 3.8) is 0 Å². The van der Waals surface area contributed by atoms with Crippen molar-refractivity contribution in [3.8, 4) is 0 Å². The third-order valence-corrected chi connectivity index (χ3v) is 4.71. The number of hydrogen-bond donors (Lipinski definition) is 1. The van der Waals surface area contributed by atoms with Gasteiger partial charge in [-0.25, -0.2) is 0 Å². The van der Waals surface area contributed by atoms with Crippen LogP contribution in [0.15, 0.2) is 30.3 Å². The second-order valence-corrected chi connectivity index (χ2v) is 6.58.